The Morgan fingerprint density at radius 2 is 1.48 bits per heavy atom. The third-order valence-corrected chi connectivity index (χ3v) is 4.92. The largest absolute Gasteiger partial charge is 0.330 e. The van der Waals surface area contributed by atoms with E-state index in [-0.39, 0.29) is 11.1 Å². The van der Waals surface area contributed by atoms with Gasteiger partial charge in [0.2, 0.25) is 0 Å². The number of anilines is 1. The number of fused-ring (bicyclic) bond motifs is 1. The molecule has 2 aromatic carbocycles. The first-order valence-electron chi connectivity index (χ1n) is 8.27. The van der Waals surface area contributed by atoms with Crippen molar-refractivity contribution >= 4 is 11.5 Å². The van der Waals surface area contributed by atoms with Crippen LogP contribution in [0.5, 0.6) is 0 Å². The van der Waals surface area contributed by atoms with E-state index in [9.17, 15) is 0 Å². The molecule has 2 heterocycles. The lowest BCUT2D eigenvalue weighted by Crippen LogP contribution is -2.49. The van der Waals surface area contributed by atoms with E-state index in [2.05, 4.69) is 91.3 Å². The van der Waals surface area contributed by atoms with E-state index in [1.165, 1.54) is 5.56 Å². The standard InChI is InChI=1S/C20H23N3/c1-19(2)14-20(3)22(15-19)18(16-10-6-4-7-11-16)21-23(20)17-12-8-5-9-13-17/h4-13H,14-15H2,1-3H3/t20-/m0/s1. The molecular formula is C20H23N3. The van der Waals surface area contributed by atoms with E-state index in [0.29, 0.717) is 0 Å². The highest BCUT2D eigenvalue weighted by molar-refractivity contribution is 6.02. The molecule has 2 aliphatic heterocycles. The van der Waals surface area contributed by atoms with Crippen molar-refractivity contribution in [1.82, 2.24) is 4.90 Å². The Morgan fingerprint density at radius 3 is 2.13 bits per heavy atom. The van der Waals surface area contributed by atoms with Crippen LogP contribution in [0.1, 0.15) is 32.8 Å². The summed E-state index contributed by atoms with van der Waals surface area (Å²) in [5, 5.41) is 7.24. The number of rotatable bonds is 2. The first kappa shape index (κ1) is 14.3. The molecule has 1 atom stereocenters. The molecule has 0 radical (unpaired) electrons. The Hall–Kier alpha value is -2.29. The molecule has 118 valence electrons. The molecule has 2 aromatic rings. The highest BCUT2D eigenvalue weighted by atomic mass is 15.7. The number of amidine groups is 1. The van der Waals surface area contributed by atoms with E-state index in [4.69, 9.17) is 5.10 Å². The van der Waals surface area contributed by atoms with Crippen molar-refractivity contribution in [2.45, 2.75) is 32.9 Å². The summed E-state index contributed by atoms with van der Waals surface area (Å²) in [6, 6.07) is 21.0. The molecular weight excluding hydrogens is 282 g/mol. The van der Waals surface area contributed by atoms with Crippen LogP contribution in [0.3, 0.4) is 0 Å². The smallest absolute Gasteiger partial charge is 0.158 e. The molecule has 3 heteroatoms. The predicted octanol–water partition coefficient (Wildman–Crippen LogP) is 4.32. The zero-order valence-corrected chi connectivity index (χ0v) is 14.0. The molecule has 1 saturated heterocycles. The maximum absolute atomic E-state index is 5.03. The summed E-state index contributed by atoms with van der Waals surface area (Å²) in [7, 11) is 0. The van der Waals surface area contributed by atoms with Crippen molar-refractivity contribution in [3.05, 3.63) is 66.2 Å². The molecule has 23 heavy (non-hydrogen) atoms. The SMILES string of the molecule is CC1(C)CN2C(c3ccccc3)=NN(c3ccccc3)[C@@]2(C)C1. The summed E-state index contributed by atoms with van der Waals surface area (Å²) >= 11 is 0. The van der Waals surface area contributed by atoms with Crippen LogP contribution in [-0.4, -0.2) is 22.9 Å². The summed E-state index contributed by atoms with van der Waals surface area (Å²) in [6.45, 7) is 8.04. The Morgan fingerprint density at radius 1 is 0.870 bits per heavy atom. The average Bonchev–Trinajstić information content (AvgIpc) is 2.94. The fourth-order valence-electron chi connectivity index (χ4n) is 4.11. The van der Waals surface area contributed by atoms with Crippen molar-refractivity contribution in [1.29, 1.82) is 0 Å². The van der Waals surface area contributed by atoms with Crippen LogP contribution in [0.25, 0.3) is 0 Å². The molecule has 0 amide bonds. The summed E-state index contributed by atoms with van der Waals surface area (Å²) < 4.78 is 0. The zero-order chi connectivity index (χ0) is 16.1. The quantitative estimate of drug-likeness (QED) is 0.823. The lowest BCUT2D eigenvalue weighted by atomic mass is 9.88. The third kappa shape index (κ3) is 2.23. The fourth-order valence-corrected chi connectivity index (χ4v) is 4.11. The third-order valence-electron chi connectivity index (χ3n) is 4.92. The van der Waals surface area contributed by atoms with Crippen molar-refractivity contribution < 1.29 is 0 Å². The van der Waals surface area contributed by atoms with Crippen molar-refractivity contribution in [3.63, 3.8) is 0 Å². The van der Waals surface area contributed by atoms with E-state index < -0.39 is 0 Å². The van der Waals surface area contributed by atoms with Crippen LogP contribution in [0, 0.1) is 5.41 Å². The van der Waals surface area contributed by atoms with Crippen molar-refractivity contribution in [2.24, 2.45) is 10.5 Å². The fraction of sp³-hybridized carbons (Fsp3) is 0.350. The summed E-state index contributed by atoms with van der Waals surface area (Å²) in [6.07, 6.45) is 1.09. The number of nitrogens with zero attached hydrogens (tertiary/aromatic N) is 3. The monoisotopic (exact) mass is 305 g/mol. The second-order valence-corrected chi connectivity index (χ2v) is 7.58. The Bertz CT molecular complexity index is 736. The van der Waals surface area contributed by atoms with E-state index in [1.807, 2.05) is 0 Å². The van der Waals surface area contributed by atoms with Gasteiger partial charge in [-0.25, -0.2) is 5.01 Å². The maximum Gasteiger partial charge on any atom is 0.158 e. The molecule has 0 spiro atoms. The Balaban J connectivity index is 1.84. The molecule has 0 saturated carbocycles. The van der Waals surface area contributed by atoms with E-state index in [0.717, 1.165) is 24.5 Å². The first-order chi connectivity index (χ1) is 11.0. The van der Waals surface area contributed by atoms with Crippen LogP contribution in [0.4, 0.5) is 5.69 Å². The lowest BCUT2D eigenvalue weighted by Gasteiger charge is -2.36. The molecule has 4 rings (SSSR count). The number of hydrogen-bond acceptors (Lipinski definition) is 3. The molecule has 0 bridgehead atoms. The molecule has 2 aliphatic rings. The highest BCUT2D eigenvalue weighted by Crippen LogP contribution is 2.48. The van der Waals surface area contributed by atoms with Gasteiger partial charge < -0.3 is 4.90 Å². The number of benzene rings is 2. The van der Waals surface area contributed by atoms with Crippen LogP contribution >= 0.6 is 0 Å². The van der Waals surface area contributed by atoms with Gasteiger partial charge in [-0.3, -0.25) is 0 Å². The molecule has 0 aromatic heterocycles. The van der Waals surface area contributed by atoms with E-state index >= 15 is 0 Å². The summed E-state index contributed by atoms with van der Waals surface area (Å²) in [5.74, 6) is 1.09. The molecule has 1 fully saturated rings. The minimum absolute atomic E-state index is 0.101. The van der Waals surface area contributed by atoms with Gasteiger partial charge in [-0.1, -0.05) is 62.4 Å². The molecule has 0 aliphatic carbocycles. The van der Waals surface area contributed by atoms with Crippen LogP contribution in [0.15, 0.2) is 65.8 Å². The van der Waals surface area contributed by atoms with Gasteiger partial charge in [-0.2, -0.15) is 5.10 Å². The Kier molecular flexibility index (Phi) is 3.02. The van der Waals surface area contributed by atoms with Gasteiger partial charge in [-0.15, -0.1) is 0 Å². The highest BCUT2D eigenvalue weighted by Gasteiger charge is 2.55. The summed E-state index contributed by atoms with van der Waals surface area (Å²) in [5.41, 5.74) is 2.52. The normalized spacial score (nSPS) is 25.4. The number of hydrogen-bond donors (Lipinski definition) is 0. The predicted molar refractivity (Wildman–Crippen MR) is 95.4 cm³/mol. The zero-order valence-electron chi connectivity index (χ0n) is 14.0. The van der Waals surface area contributed by atoms with Gasteiger partial charge in [0.15, 0.2) is 5.84 Å². The van der Waals surface area contributed by atoms with Crippen molar-refractivity contribution in [3.8, 4) is 0 Å². The average molecular weight is 305 g/mol. The first-order valence-corrected chi connectivity index (χ1v) is 8.27. The van der Waals surface area contributed by atoms with E-state index in [1.54, 1.807) is 0 Å². The number of para-hydroxylation sites is 1. The van der Waals surface area contributed by atoms with Gasteiger partial charge >= 0.3 is 0 Å². The topological polar surface area (TPSA) is 18.8 Å². The van der Waals surface area contributed by atoms with Crippen LogP contribution in [-0.2, 0) is 0 Å². The Labute approximate surface area is 138 Å². The van der Waals surface area contributed by atoms with Crippen LogP contribution in [0.2, 0.25) is 0 Å². The van der Waals surface area contributed by atoms with Crippen molar-refractivity contribution in [2.75, 3.05) is 11.6 Å². The minimum Gasteiger partial charge on any atom is -0.330 e. The second-order valence-electron chi connectivity index (χ2n) is 7.58. The maximum atomic E-state index is 5.03. The van der Waals surface area contributed by atoms with Crippen LogP contribution < -0.4 is 5.01 Å². The minimum atomic E-state index is -0.101. The summed E-state index contributed by atoms with van der Waals surface area (Å²) in [4.78, 5) is 2.48. The molecule has 0 N–H and O–H groups in total. The van der Waals surface area contributed by atoms with Gasteiger partial charge in [0, 0.05) is 12.1 Å². The number of hydrazone groups is 1. The van der Waals surface area contributed by atoms with Gasteiger partial charge in [0.1, 0.15) is 5.66 Å². The lowest BCUT2D eigenvalue weighted by molar-refractivity contribution is 0.272. The second kappa shape index (κ2) is 4.85. The van der Waals surface area contributed by atoms with Gasteiger partial charge in [0.25, 0.3) is 0 Å². The van der Waals surface area contributed by atoms with Gasteiger partial charge in [0.05, 0.1) is 5.69 Å². The molecule has 0 unspecified atom stereocenters. The molecule has 3 nitrogen and oxygen atoms in total. The van der Waals surface area contributed by atoms with Gasteiger partial charge in [-0.05, 0) is 30.9 Å².